The predicted octanol–water partition coefficient (Wildman–Crippen LogP) is 0.896. The van der Waals surface area contributed by atoms with Gasteiger partial charge in [-0.25, -0.2) is 4.99 Å². The summed E-state index contributed by atoms with van der Waals surface area (Å²) in [5.41, 5.74) is 0. The lowest BCUT2D eigenvalue weighted by atomic mass is 10.1. The van der Waals surface area contributed by atoms with Gasteiger partial charge in [0.15, 0.2) is 5.96 Å². The lowest BCUT2D eigenvalue weighted by Gasteiger charge is -2.17. The summed E-state index contributed by atoms with van der Waals surface area (Å²) >= 11 is 0. The highest BCUT2D eigenvalue weighted by Gasteiger charge is 2.22. The van der Waals surface area contributed by atoms with Crippen molar-refractivity contribution in [2.24, 2.45) is 10.9 Å². The van der Waals surface area contributed by atoms with Gasteiger partial charge in [-0.15, -0.1) is 0 Å². The fraction of sp³-hybridized carbons (Fsp3) is 0.882. The number of amides is 1. The number of hydrogen-bond acceptors (Lipinski definition) is 3. The second-order valence-electron chi connectivity index (χ2n) is 6.62. The van der Waals surface area contributed by atoms with Crippen LogP contribution in [0.2, 0.25) is 0 Å². The quantitative estimate of drug-likeness (QED) is 0.540. The Morgan fingerprint density at radius 2 is 1.96 bits per heavy atom. The van der Waals surface area contributed by atoms with Gasteiger partial charge in [0, 0.05) is 32.7 Å². The van der Waals surface area contributed by atoms with Crippen molar-refractivity contribution >= 4 is 11.9 Å². The van der Waals surface area contributed by atoms with E-state index in [2.05, 4.69) is 34.4 Å². The van der Waals surface area contributed by atoms with Gasteiger partial charge in [-0.1, -0.05) is 6.92 Å². The van der Waals surface area contributed by atoms with E-state index in [9.17, 15) is 4.79 Å². The minimum Gasteiger partial charge on any atom is -0.357 e. The summed E-state index contributed by atoms with van der Waals surface area (Å²) in [5, 5.41) is 6.66. The van der Waals surface area contributed by atoms with E-state index in [4.69, 9.17) is 0 Å². The molecule has 1 atom stereocenters. The number of nitrogens with one attached hydrogen (secondary N) is 2. The second-order valence-corrected chi connectivity index (χ2v) is 6.62. The largest absolute Gasteiger partial charge is 0.357 e. The van der Waals surface area contributed by atoms with Gasteiger partial charge < -0.3 is 20.4 Å². The molecule has 0 radical (unpaired) electrons. The van der Waals surface area contributed by atoms with E-state index in [0.717, 1.165) is 45.0 Å². The molecule has 0 aromatic rings. The first-order valence-electron chi connectivity index (χ1n) is 9.25. The molecule has 132 valence electrons. The summed E-state index contributed by atoms with van der Waals surface area (Å²) in [4.78, 5) is 21.0. The number of hydrogen-bond donors (Lipinski definition) is 2. The van der Waals surface area contributed by atoms with E-state index in [1.165, 1.54) is 32.5 Å². The molecular weight excluding hydrogens is 290 g/mol. The average Bonchev–Trinajstić information content (AvgIpc) is 3.22. The maximum absolute atomic E-state index is 12.1. The van der Waals surface area contributed by atoms with Crippen LogP contribution >= 0.6 is 0 Å². The Morgan fingerprint density at radius 1 is 1.17 bits per heavy atom. The van der Waals surface area contributed by atoms with Crippen LogP contribution in [0.1, 0.15) is 39.5 Å². The van der Waals surface area contributed by atoms with Crippen LogP contribution in [0.4, 0.5) is 0 Å². The SMILES string of the molecule is CCCN1CCC(CNC(=NCC(=O)N2CCCC2)NCC)C1. The Hall–Kier alpha value is -1.30. The summed E-state index contributed by atoms with van der Waals surface area (Å²) in [5.74, 6) is 1.60. The predicted molar refractivity (Wildman–Crippen MR) is 94.6 cm³/mol. The number of likely N-dealkylation sites (tertiary alicyclic amines) is 2. The van der Waals surface area contributed by atoms with Crippen LogP contribution < -0.4 is 10.6 Å². The number of carbonyl (C=O) groups is 1. The number of carbonyl (C=O) groups excluding carboxylic acids is 1. The monoisotopic (exact) mass is 323 g/mol. The molecule has 2 aliphatic rings. The van der Waals surface area contributed by atoms with Crippen molar-refractivity contribution < 1.29 is 4.79 Å². The van der Waals surface area contributed by atoms with Gasteiger partial charge in [0.1, 0.15) is 6.54 Å². The molecule has 6 nitrogen and oxygen atoms in total. The normalized spacial score (nSPS) is 22.6. The van der Waals surface area contributed by atoms with Crippen molar-refractivity contribution in [3.8, 4) is 0 Å². The van der Waals surface area contributed by atoms with E-state index in [0.29, 0.717) is 5.92 Å². The van der Waals surface area contributed by atoms with Crippen molar-refractivity contribution in [2.45, 2.75) is 39.5 Å². The topological polar surface area (TPSA) is 60.0 Å². The highest BCUT2D eigenvalue weighted by molar-refractivity contribution is 5.85. The van der Waals surface area contributed by atoms with Crippen LogP contribution in [0, 0.1) is 5.92 Å². The molecule has 23 heavy (non-hydrogen) atoms. The first-order valence-corrected chi connectivity index (χ1v) is 9.25. The average molecular weight is 323 g/mol. The smallest absolute Gasteiger partial charge is 0.244 e. The van der Waals surface area contributed by atoms with Crippen LogP contribution in [0.5, 0.6) is 0 Å². The van der Waals surface area contributed by atoms with Crippen LogP contribution in [-0.2, 0) is 4.79 Å². The molecule has 2 rings (SSSR count). The van der Waals surface area contributed by atoms with Gasteiger partial charge in [-0.2, -0.15) is 0 Å². The molecule has 2 fully saturated rings. The van der Waals surface area contributed by atoms with Gasteiger partial charge >= 0.3 is 0 Å². The van der Waals surface area contributed by atoms with Crippen molar-refractivity contribution in [3.63, 3.8) is 0 Å². The Kier molecular flexibility index (Phi) is 7.65. The molecule has 1 unspecified atom stereocenters. The van der Waals surface area contributed by atoms with Gasteiger partial charge in [0.2, 0.25) is 5.91 Å². The third-order valence-electron chi connectivity index (χ3n) is 4.64. The minimum absolute atomic E-state index is 0.148. The Morgan fingerprint density at radius 3 is 2.65 bits per heavy atom. The van der Waals surface area contributed by atoms with E-state index in [-0.39, 0.29) is 12.5 Å². The molecule has 1 amide bonds. The zero-order valence-corrected chi connectivity index (χ0v) is 14.8. The number of rotatable bonds is 7. The Bertz CT molecular complexity index is 392. The fourth-order valence-corrected chi connectivity index (χ4v) is 3.39. The maximum atomic E-state index is 12.1. The highest BCUT2D eigenvalue weighted by Crippen LogP contribution is 2.15. The number of guanidine groups is 1. The van der Waals surface area contributed by atoms with Gasteiger partial charge in [-0.3, -0.25) is 4.79 Å². The first kappa shape index (κ1) is 18.0. The van der Waals surface area contributed by atoms with E-state index in [1.54, 1.807) is 0 Å². The van der Waals surface area contributed by atoms with Crippen LogP contribution in [-0.4, -0.2) is 74.0 Å². The van der Waals surface area contributed by atoms with Crippen molar-refractivity contribution in [2.75, 3.05) is 52.4 Å². The zero-order chi connectivity index (χ0) is 16.5. The fourth-order valence-electron chi connectivity index (χ4n) is 3.39. The van der Waals surface area contributed by atoms with Gasteiger partial charge in [-0.05, 0) is 51.6 Å². The molecule has 2 aliphatic heterocycles. The van der Waals surface area contributed by atoms with Crippen molar-refractivity contribution in [1.29, 1.82) is 0 Å². The summed E-state index contributed by atoms with van der Waals surface area (Å²) < 4.78 is 0. The second kappa shape index (κ2) is 9.75. The molecule has 2 heterocycles. The van der Waals surface area contributed by atoms with Crippen LogP contribution in [0.25, 0.3) is 0 Å². The van der Waals surface area contributed by atoms with E-state index >= 15 is 0 Å². The molecule has 6 heteroatoms. The zero-order valence-electron chi connectivity index (χ0n) is 14.8. The molecule has 0 spiro atoms. The molecule has 0 saturated carbocycles. The maximum Gasteiger partial charge on any atom is 0.244 e. The molecule has 0 bridgehead atoms. The third kappa shape index (κ3) is 6.01. The molecular formula is C17H33N5O. The Labute approximate surface area is 140 Å². The first-order chi connectivity index (χ1) is 11.2. The minimum atomic E-state index is 0.148. The van der Waals surface area contributed by atoms with E-state index in [1.807, 2.05) is 4.90 Å². The molecule has 0 aliphatic carbocycles. The molecule has 2 N–H and O–H groups in total. The highest BCUT2D eigenvalue weighted by atomic mass is 16.2. The number of nitrogens with zero attached hydrogens (tertiary/aromatic N) is 3. The number of aliphatic imine (C=N–C) groups is 1. The summed E-state index contributed by atoms with van der Waals surface area (Å²) in [6, 6.07) is 0. The van der Waals surface area contributed by atoms with Crippen molar-refractivity contribution in [1.82, 2.24) is 20.4 Å². The summed E-state index contributed by atoms with van der Waals surface area (Å²) in [6.07, 6.45) is 4.73. The van der Waals surface area contributed by atoms with Gasteiger partial charge in [0.05, 0.1) is 0 Å². The third-order valence-corrected chi connectivity index (χ3v) is 4.64. The van der Waals surface area contributed by atoms with Gasteiger partial charge in [0.25, 0.3) is 0 Å². The molecule has 0 aromatic carbocycles. The summed E-state index contributed by atoms with van der Waals surface area (Å²) in [7, 11) is 0. The lowest BCUT2D eigenvalue weighted by molar-refractivity contribution is -0.128. The standard InChI is InChI=1S/C17H33N5O/c1-3-8-21-11-7-15(14-21)12-19-17(18-4-2)20-13-16(23)22-9-5-6-10-22/h15H,3-14H2,1-2H3,(H2,18,19,20). The molecule has 2 saturated heterocycles. The molecule has 0 aromatic heterocycles. The van der Waals surface area contributed by atoms with E-state index < -0.39 is 0 Å². The van der Waals surface area contributed by atoms with Crippen LogP contribution in [0.15, 0.2) is 4.99 Å². The van der Waals surface area contributed by atoms with Crippen LogP contribution in [0.3, 0.4) is 0 Å². The van der Waals surface area contributed by atoms with Crippen molar-refractivity contribution in [3.05, 3.63) is 0 Å². The lowest BCUT2D eigenvalue weighted by Crippen LogP contribution is -2.41. The Balaban J connectivity index is 1.74. The summed E-state index contributed by atoms with van der Waals surface area (Å²) in [6.45, 7) is 11.7.